The molecule has 0 aliphatic rings. The van der Waals surface area contributed by atoms with Gasteiger partial charge in [0.1, 0.15) is 0 Å². The zero-order valence-corrected chi connectivity index (χ0v) is 13.6. The van der Waals surface area contributed by atoms with Crippen molar-refractivity contribution in [2.45, 2.75) is 52.8 Å². The van der Waals surface area contributed by atoms with E-state index >= 15 is 0 Å². The number of nitrogens with one attached hydrogen (secondary N) is 1. The molecule has 1 aromatic rings. The lowest BCUT2D eigenvalue weighted by molar-refractivity contribution is 0.181. The van der Waals surface area contributed by atoms with Gasteiger partial charge in [0.25, 0.3) is 0 Å². The van der Waals surface area contributed by atoms with Crippen LogP contribution in [0.5, 0.6) is 0 Å². The summed E-state index contributed by atoms with van der Waals surface area (Å²) in [6.07, 6.45) is 2.27. The molecule has 110 valence electrons. The molecule has 1 aromatic heterocycles. The van der Waals surface area contributed by atoms with Crippen LogP contribution in [0.4, 0.5) is 5.13 Å². The molecular weight excluding hydrogens is 258 g/mol. The minimum absolute atomic E-state index is 0.512. The van der Waals surface area contributed by atoms with E-state index in [1.807, 2.05) is 0 Å². The largest absolute Gasteiger partial charge is 0.378 e. The molecule has 0 fully saturated rings. The van der Waals surface area contributed by atoms with Gasteiger partial charge in [-0.2, -0.15) is 0 Å². The topological polar surface area (TPSA) is 37.4 Å². The highest BCUT2D eigenvalue weighted by atomic mass is 32.1. The monoisotopic (exact) mass is 285 g/mol. The third-order valence-electron chi connectivity index (χ3n) is 3.31. The van der Waals surface area contributed by atoms with Crippen LogP contribution < -0.4 is 10.2 Å². The van der Waals surface area contributed by atoms with Crippen molar-refractivity contribution in [3.63, 3.8) is 0 Å². The van der Waals surface area contributed by atoms with Gasteiger partial charge in [0.05, 0.1) is 12.3 Å². The number of aromatic nitrogens is 1. The molecule has 19 heavy (non-hydrogen) atoms. The second kappa shape index (κ2) is 8.51. The van der Waals surface area contributed by atoms with Crippen molar-refractivity contribution in [1.82, 2.24) is 10.3 Å². The maximum atomic E-state index is 5.25. The predicted octanol–water partition coefficient (Wildman–Crippen LogP) is 3.02. The maximum absolute atomic E-state index is 5.25. The van der Waals surface area contributed by atoms with E-state index in [1.165, 1.54) is 4.88 Å². The Labute approximate surface area is 121 Å². The second-order valence-electron chi connectivity index (χ2n) is 4.84. The Balaban J connectivity index is 2.80. The molecule has 0 radical (unpaired) electrons. The molecule has 4 nitrogen and oxygen atoms in total. The van der Waals surface area contributed by atoms with E-state index in [1.54, 1.807) is 18.4 Å². The summed E-state index contributed by atoms with van der Waals surface area (Å²) in [4.78, 5) is 8.28. The number of methoxy groups -OCH3 is 1. The van der Waals surface area contributed by atoms with Gasteiger partial charge in [0.2, 0.25) is 0 Å². The van der Waals surface area contributed by atoms with E-state index in [2.05, 4.69) is 38.0 Å². The van der Waals surface area contributed by atoms with Gasteiger partial charge in [-0.15, -0.1) is 11.3 Å². The van der Waals surface area contributed by atoms with Crippen molar-refractivity contribution in [1.29, 1.82) is 0 Å². The highest BCUT2D eigenvalue weighted by molar-refractivity contribution is 7.15. The molecule has 1 rings (SSSR count). The molecule has 0 amide bonds. The summed E-state index contributed by atoms with van der Waals surface area (Å²) in [5, 5.41) is 4.53. The highest BCUT2D eigenvalue weighted by Gasteiger charge is 2.16. The molecule has 0 spiro atoms. The van der Waals surface area contributed by atoms with Crippen LogP contribution in [0.2, 0.25) is 0 Å². The first-order chi connectivity index (χ1) is 9.13. The lowest BCUT2D eigenvalue weighted by Gasteiger charge is -2.22. The van der Waals surface area contributed by atoms with Crippen LogP contribution in [0.15, 0.2) is 0 Å². The van der Waals surface area contributed by atoms with Gasteiger partial charge in [-0.05, 0) is 26.3 Å². The van der Waals surface area contributed by atoms with E-state index < -0.39 is 0 Å². The number of nitrogens with zero attached hydrogens (tertiary/aromatic N) is 2. The maximum Gasteiger partial charge on any atom is 0.185 e. The molecular formula is C14H27N3OS. The quantitative estimate of drug-likeness (QED) is 0.708. The molecule has 0 saturated carbocycles. The summed E-state index contributed by atoms with van der Waals surface area (Å²) >= 11 is 1.77. The van der Waals surface area contributed by atoms with E-state index in [9.17, 15) is 0 Å². The third-order valence-corrected chi connectivity index (χ3v) is 4.50. The molecule has 1 unspecified atom stereocenters. The highest BCUT2D eigenvalue weighted by Crippen LogP contribution is 2.27. The Morgan fingerprint density at radius 3 is 2.74 bits per heavy atom. The normalized spacial score (nSPS) is 12.7. The fourth-order valence-electron chi connectivity index (χ4n) is 1.75. The van der Waals surface area contributed by atoms with Crippen LogP contribution in [0, 0.1) is 0 Å². The van der Waals surface area contributed by atoms with Crippen molar-refractivity contribution in [2.24, 2.45) is 0 Å². The van der Waals surface area contributed by atoms with Gasteiger partial charge < -0.3 is 15.0 Å². The third kappa shape index (κ3) is 4.75. The van der Waals surface area contributed by atoms with E-state index in [0.29, 0.717) is 12.6 Å². The molecule has 0 aromatic carbocycles. The number of hydrogen-bond acceptors (Lipinski definition) is 5. The average Bonchev–Trinajstić information content (AvgIpc) is 2.81. The van der Waals surface area contributed by atoms with Crippen molar-refractivity contribution < 1.29 is 4.74 Å². The number of rotatable bonds is 9. The minimum Gasteiger partial charge on any atom is -0.378 e. The SMILES string of the molecule is CCCNCc1sc(N(C)C(C)CC)nc1COC. The number of hydrogen-bond donors (Lipinski definition) is 1. The Morgan fingerprint density at radius 2 is 2.16 bits per heavy atom. The van der Waals surface area contributed by atoms with Crippen molar-refractivity contribution in [2.75, 3.05) is 25.6 Å². The van der Waals surface area contributed by atoms with Crippen LogP contribution in [-0.2, 0) is 17.9 Å². The first-order valence-corrected chi connectivity index (χ1v) is 7.86. The van der Waals surface area contributed by atoms with Gasteiger partial charge in [0.15, 0.2) is 5.13 Å². The summed E-state index contributed by atoms with van der Waals surface area (Å²) < 4.78 is 5.25. The molecule has 0 aliphatic carbocycles. The molecule has 1 atom stereocenters. The standard InChI is InChI=1S/C14H27N3OS/c1-6-8-15-9-13-12(10-18-5)16-14(19-13)17(4)11(3)7-2/h11,15H,6-10H2,1-5H3. The van der Waals surface area contributed by atoms with Gasteiger partial charge >= 0.3 is 0 Å². The van der Waals surface area contributed by atoms with Gasteiger partial charge in [-0.25, -0.2) is 4.98 Å². The lowest BCUT2D eigenvalue weighted by Crippen LogP contribution is -2.27. The van der Waals surface area contributed by atoms with Gasteiger partial charge in [-0.1, -0.05) is 13.8 Å². The van der Waals surface area contributed by atoms with Crippen molar-refractivity contribution in [3.05, 3.63) is 10.6 Å². The Kier molecular flexibility index (Phi) is 7.34. The minimum atomic E-state index is 0.512. The molecule has 0 bridgehead atoms. The molecule has 1 N–H and O–H groups in total. The second-order valence-corrected chi connectivity index (χ2v) is 5.91. The Morgan fingerprint density at radius 1 is 1.42 bits per heavy atom. The van der Waals surface area contributed by atoms with Crippen LogP contribution >= 0.6 is 11.3 Å². The molecule has 5 heteroatoms. The van der Waals surface area contributed by atoms with Crippen LogP contribution in [0.25, 0.3) is 0 Å². The summed E-state index contributed by atoms with van der Waals surface area (Å²) in [7, 11) is 3.84. The zero-order chi connectivity index (χ0) is 14.3. The fourth-order valence-corrected chi connectivity index (χ4v) is 2.85. The summed E-state index contributed by atoms with van der Waals surface area (Å²) in [5.41, 5.74) is 1.07. The number of ether oxygens (including phenoxy) is 1. The van der Waals surface area contributed by atoms with E-state index in [0.717, 1.165) is 36.8 Å². The molecule has 0 saturated heterocycles. The van der Waals surface area contributed by atoms with Gasteiger partial charge in [-0.3, -0.25) is 0 Å². The van der Waals surface area contributed by atoms with E-state index in [4.69, 9.17) is 9.72 Å². The van der Waals surface area contributed by atoms with E-state index in [-0.39, 0.29) is 0 Å². The van der Waals surface area contributed by atoms with Crippen molar-refractivity contribution >= 4 is 16.5 Å². The Bertz CT molecular complexity index is 368. The van der Waals surface area contributed by atoms with Gasteiger partial charge in [0, 0.05) is 31.6 Å². The number of anilines is 1. The summed E-state index contributed by atoms with van der Waals surface area (Å²) in [5.74, 6) is 0. The summed E-state index contributed by atoms with van der Waals surface area (Å²) in [6.45, 7) is 9.13. The summed E-state index contributed by atoms with van der Waals surface area (Å²) in [6, 6.07) is 0.512. The first-order valence-electron chi connectivity index (χ1n) is 7.05. The molecule has 1 heterocycles. The fraction of sp³-hybridized carbons (Fsp3) is 0.786. The van der Waals surface area contributed by atoms with Crippen molar-refractivity contribution in [3.8, 4) is 0 Å². The predicted molar refractivity (Wildman–Crippen MR) is 83.0 cm³/mol. The molecule has 0 aliphatic heterocycles. The van der Waals surface area contributed by atoms with Crippen LogP contribution in [0.3, 0.4) is 0 Å². The first kappa shape index (κ1) is 16.4. The smallest absolute Gasteiger partial charge is 0.185 e. The Hall–Kier alpha value is -0.650. The zero-order valence-electron chi connectivity index (χ0n) is 12.8. The lowest BCUT2D eigenvalue weighted by atomic mass is 10.2. The van der Waals surface area contributed by atoms with Crippen LogP contribution in [-0.4, -0.2) is 31.7 Å². The average molecular weight is 285 g/mol. The number of thiazole rings is 1. The van der Waals surface area contributed by atoms with Crippen LogP contribution in [0.1, 0.15) is 44.2 Å².